The molecule has 0 radical (unpaired) electrons. The molecule has 0 unspecified atom stereocenters. The van der Waals surface area contributed by atoms with Crippen molar-refractivity contribution in [2.75, 3.05) is 0 Å². The van der Waals surface area contributed by atoms with Crippen molar-refractivity contribution in [1.82, 2.24) is 10.2 Å². The second-order valence-corrected chi connectivity index (χ2v) is 3.39. The Bertz CT molecular complexity index is 469. The molecule has 0 fully saturated rings. The van der Waals surface area contributed by atoms with Gasteiger partial charge in [-0.2, -0.15) is 0 Å². The number of nitrogens with zero attached hydrogens (tertiary/aromatic N) is 2. The van der Waals surface area contributed by atoms with E-state index >= 15 is 0 Å². The standard InChI is InChI=1S/C12H12N2O2/c1-9-4-2-3-5-11(9)16-12-7-6-10(8-15)13-14-12/h2-7,15H,8H2,1H3. The predicted molar refractivity (Wildman–Crippen MR) is 59.2 cm³/mol. The molecule has 0 aliphatic rings. The molecule has 1 heterocycles. The van der Waals surface area contributed by atoms with Gasteiger partial charge in [-0.3, -0.25) is 0 Å². The van der Waals surface area contributed by atoms with Crippen LogP contribution in [0, 0.1) is 6.92 Å². The maximum Gasteiger partial charge on any atom is 0.238 e. The van der Waals surface area contributed by atoms with Crippen molar-refractivity contribution < 1.29 is 9.84 Å². The van der Waals surface area contributed by atoms with E-state index in [9.17, 15) is 0 Å². The van der Waals surface area contributed by atoms with Crippen LogP contribution in [0.1, 0.15) is 11.3 Å². The van der Waals surface area contributed by atoms with Crippen LogP contribution in [0.15, 0.2) is 36.4 Å². The van der Waals surface area contributed by atoms with Crippen LogP contribution in [0.2, 0.25) is 0 Å². The van der Waals surface area contributed by atoms with Crippen LogP contribution in [0.5, 0.6) is 11.6 Å². The first-order valence-corrected chi connectivity index (χ1v) is 4.96. The average Bonchev–Trinajstić information content (AvgIpc) is 2.33. The number of aryl methyl sites for hydroxylation is 1. The van der Waals surface area contributed by atoms with Gasteiger partial charge in [-0.25, -0.2) is 0 Å². The number of ether oxygens (including phenoxy) is 1. The molecule has 0 atom stereocenters. The smallest absolute Gasteiger partial charge is 0.238 e. The van der Waals surface area contributed by atoms with Crippen LogP contribution < -0.4 is 4.74 Å². The summed E-state index contributed by atoms with van der Waals surface area (Å²) >= 11 is 0. The van der Waals surface area contributed by atoms with Crippen molar-refractivity contribution in [2.24, 2.45) is 0 Å². The predicted octanol–water partition coefficient (Wildman–Crippen LogP) is 2.07. The number of hydrogen-bond donors (Lipinski definition) is 1. The lowest BCUT2D eigenvalue weighted by Crippen LogP contribution is -1.95. The van der Waals surface area contributed by atoms with E-state index in [0.717, 1.165) is 11.3 Å². The Morgan fingerprint density at radius 2 is 1.94 bits per heavy atom. The molecule has 16 heavy (non-hydrogen) atoms. The summed E-state index contributed by atoms with van der Waals surface area (Å²) in [5.74, 6) is 1.18. The molecule has 82 valence electrons. The monoisotopic (exact) mass is 216 g/mol. The molecule has 4 heteroatoms. The third kappa shape index (κ3) is 2.35. The van der Waals surface area contributed by atoms with Crippen molar-refractivity contribution in [3.05, 3.63) is 47.7 Å². The molecule has 2 rings (SSSR count). The van der Waals surface area contributed by atoms with Crippen LogP contribution in [0.4, 0.5) is 0 Å². The fourth-order valence-electron chi connectivity index (χ4n) is 1.27. The van der Waals surface area contributed by atoms with Gasteiger partial charge < -0.3 is 9.84 Å². The van der Waals surface area contributed by atoms with Crippen LogP contribution in [0.25, 0.3) is 0 Å². The van der Waals surface area contributed by atoms with E-state index in [0.29, 0.717) is 11.6 Å². The maximum absolute atomic E-state index is 8.82. The van der Waals surface area contributed by atoms with Gasteiger partial charge >= 0.3 is 0 Å². The Kier molecular flexibility index (Phi) is 3.12. The number of aromatic nitrogens is 2. The summed E-state index contributed by atoms with van der Waals surface area (Å²) in [5, 5.41) is 16.5. The SMILES string of the molecule is Cc1ccccc1Oc1ccc(CO)nn1. The fourth-order valence-corrected chi connectivity index (χ4v) is 1.27. The molecular formula is C12H12N2O2. The Morgan fingerprint density at radius 1 is 1.12 bits per heavy atom. The maximum atomic E-state index is 8.82. The Labute approximate surface area is 93.5 Å². The molecule has 2 aromatic rings. The third-order valence-corrected chi connectivity index (χ3v) is 2.17. The van der Waals surface area contributed by atoms with Gasteiger partial charge in [0.25, 0.3) is 0 Å². The first-order chi connectivity index (χ1) is 7.79. The van der Waals surface area contributed by atoms with Gasteiger partial charge in [0.15, 0.2) is 0 Å². The van der Waals surface area contributed by atoms with Gasteiger partial charge in [0, 0.05) is 6.07 Å². The van der Waals surface area contributed by atoms with Gasteiger partial charge in [-0.05, 0) is 24.6 Å². The molecule has 0 amide bonds. The first kappa shape index (κ1) is 10.6. The highest BCUT2D eigenvalue weighted by atomic mass is 16.5. The molecule has 0 saturated heterocycles. The van der Waals surface area contributed by atoms with E-state index in [2.05, 4.69) is 10.2 Å². The molecule has 1 aromatic heterocycles. The Balaban J connectivity index is 2.18. The molecule has 1 N–H and O–H groups in total. The van der Waals surface area contributed by atoms with Gasteiger partial charge in [-0.1, -0.05) is 18.2 Å². The van der Waals surface area contributed by atoms with Crippen LogP contribution in [-0.4, -0.2) is 15.3 Å². The van der Waals surface area contributed by atoms with Crippen molar-refractivity contribution in [3.63, 3.8) is 0 Å². The highest BCUT2D eigenvalue weighted by Crippen LogP contribution is 2.22. The third-order valence-electron chi connectivity index (χ3n) is 2.17. The second kappa shape index (κ2) is 4.72. The second-order valence-electron chi connectivity index (χ2n) is 3.39. The van der Waals surface area contributed by atoms with Crippen molar-refractivity contribution in [1.29, 1.82) is 0 Å². The Hall–Kier alpha value is -1.94. The minimum Gasteiger partial charge on any atom is -0.437 e. The van der Waals surface area contributed by atoms with E-state index in [1.165, 1.54) is 0 Å². The topological polar surface area (TPSA) is 55.2 Å². The fraction of sp³-hybridized carbons (Fsp3) is 0.167. The quantitative estimate of drug-likeness (QED) is 0.853. The van der Waals surface area contributed by atoms with E-state index in [4.69, 9.17) is 9.84 Å². The molecule has 4 nitrogen and oxygen atoms in total. The van der Waals surface area contributed by atoms with E-state index in [1.807, 2.05) is 31.2 Å². The number of aliphatic hydroxyl groups excluding tert-OH is 1. The lowest BCUT2D eigenvalue weighted by Gasteiger charge is -2.06. The van der Waals surface area contributed by atoms with E-state index in [1.54, 1.807) is 12.1 Å². The summed E-state index contributed by atoms with van der Waals surface area (Å²) in [6, 6.07) is 11.0. The largest absolute Gasteiger partial charge is 0.437 e. The molecule has 0 aliphatic heterocycles. The lowest BCUT2D eigenvalue weighted by molar-refractivity contribution is 0.274. The highest BCUT2D eigenvalue weighted by Gasteiger charge is 2.02. The van der Waals surface area contributed by atoms with Crippen LogP contribution in [-0.2, 0) is 6.61 Å². The molecule has 0 saturated carbocycles. The minimum absolute atomic E-state index is 0.113. The summed E-state index contributed by atoms with van der Waals surface area (Å²) in [4.78, 5) is 0. The normalized spacial score (nSPS) is 10.1. The molecular weight excluding hydrogens is 204 g/mol. The number of para-hydroxylation sites is 1. The van der Waals surface area contributed by atoms with E-state index < -0.39 is 0 Å². The van der Waals surface area contributed by atoms with Gasteiger partial charge in [0.2, 0.25) is 5.88 Å². The molecule has 0 spiro atoms. The van der Waals surface area contributed by atoms with Crippen molar-refractivity contribution in [3.8, 4) is 11.6 Å². The number of rotatable bonds is 3. The van der Waals surface area contributed by atoms with Crippen molar-refractivity contribution in [2.45, 2.75) is 13.5 Å². The first-order valence-electron chi connectivity index (χ1n) is 4.96. The molecule has 1 aromatic carbocycles. The summed E-state index contributed by atoms with van der Waals surface area (Å²) in [6.07, 6.45) is 0. The summed E-state index contributed by atoms with van der Waals surface area (Å²) in [6.45, 7) is 1.85. The van der Waals surface area contributed by atoms with Gasteiger partial charge in [-0.15, -0.1) is 10.2 Å². The summed E-state index contributed by atoms with van der Waals surface area (Å²) in [5.41, 5.74) is 1.56. The number of benzene rings is 1. The van der Waals surface area contributed by atoms with Gasteiger partial charge in [0.1, 0.15) is 5.75 Å². The van der Waals surface area contributed by atoms with Gasteiger partial charge in [0.05, 0.1) is 12.3 Å². The van der Waals surface area contributed by atoms with Crippen molar-refractivity contribution >= 4 is 0 Å². The number of hydrogen-bond acceptors (Lipinski definition) is 4. The summed E-state index contributed by atoms with van der Waals surface area (Å²) < 4.78 is 5.55. The molecule has 0 aliphatic carbocycles. The summed E-state index contributed by atoms with van der Waals surface area (Å²) in [7, 11) is 0. The average molecular weight is 216 g/mol. The Morgan fingerprint density at radius 3 is 2.56 bits per heavy atom. The molecule has 0 bridgehead atoms. The zero-order valence-corrected chi connectivity index (χ0v) is 8.92. The number of aliphatic hydroxyl groups is 1. The van der Waals surface area contributed by atoms with Crippen LogP contribution in [0.3, 0.4) is 0 Å². The van der Waals surface area contributed by atoms with E-state index in [-0.39, 0.29) is 6.61 Å². The minimum atomic E-state index is -0.113. The highest BCUT2D eigenvalue weighted by molar-refractivity contribution is 5.34. The zero-order valence-electron chi connectivity index (χ0n) is 8.92. The van der Waals surface area contributed by atoms with Crippen LogP contribution >= 0.6 is 0 Å². The lowest BCUT2D eigenvalue weighted by atomic mass is 10.2. The zero-order chi connectivity index (χ0) is 11.4.